The average Bonchev–Trinajstić information content (AvgIpc) is 3.41. The molecule has 1 aromatic carbocycles. The summed E-state index contributed by atoms with van der Waals surface area (Å²) in [5.74, 6) is -3.49. The van der Waals surface area contributed by atoms with Gasteiger partial charge in [-0.05, 0) is 37.8 Å². The third-order valence-electron chi connectivity index (χ3n) is 4.55. The molecule has 2 fully saturated rings. The lowest BCUT2D eigenvalue weighted by Gasteiger charge is -2.32. The Morgan fingerprint density at radius 3 is 2.16 bits per heavy atom. The molecule has 140 valence electrons. The maximum Gasteiger partial charge on any atom is 0.341 e. The zero-order valence-electron chi connectivity index (χ0n) is 13.4. The van der Waals surface area contributed by atoms with Crippen molar-refractivity contribution in [3.05, 3.63) is 24.3 Å². The van der Waals surface area contributed by atoms with Gasteiger partial charge in [0.2, 0.25) is 19.9 Å². The number of halogens is 2. The Bertz CT molecular complexity index is 831. The fourth-order valence-corrected chi connectivity index (χ4v) is 5.75. The van der Waals surface area contributed by atoms with E-state index in [2.05, 4.69) is 5.32 Å². The van der Waals surface area contributed by atoms with Crippen molar-refractivity contribution in [2.24, 2.45) is 0 Å². The fourth-order valence-electron chi connectivity index (χ4n) is 2.98. The van der Waals surface area contributed by atoms with Gasteiger partial charge in [0.1, 0.15) is 0 Å². The van der Waals surface area contributed by atoms with Crippen LogP contribution in [0.4, 0.5) is 14.5 Å². The molecular weight excluding hydrogens is 374 g/mol. The van der Waals surface area contributed by atoms with Crippen molar-refractivity contribution in [2.75, 3.05) is 18.4 Å². The normalized spacial score (nSPS) is 20.8. The van der Waals surface area contributed by atoms with Gasteiger partial charge in [-0.15, -0.1) is 0 Å². The Morgan fingerprint density at radius 2 is 1.60 bits per heavy atom. The fraction of sp³-hybridized carbons (Fsp3) is 0.600. The minimum atomic E-state index is -4.70. The van der Waals surface area contributed by atoms with E-state index in [0.717, 1.165) is 6.07 Å². The number of sulfonamides is 1. The van der Waals surface area contributed by atoms with E-state index in [1.807, 2.05) is 0 Å². The Morgan fingerprint density at radius 1 is 1.00 bits per heavy atom. The van der Waals surface area contributed by atoms with Crippen molar-refractivity contribution in [3.8, 4) is 0 Å². The molecule has 0 amide bonds. The zero-order chi connectivity index (χ0) is 18.2. The third kappa shape index (κ3) is 3.80. The van der Waals surface area contributed by atoms with Crippen LogP contribution in [0.3, 0.4) is 0 Å². The molecule has 0 radical (unpaired) electrons. The summed E-state index contributed by atoms with van der Waals surface area (Å²) in [4.78, 5) is -0.432. The van der Waals surface area contributed by atoms with E-state index in [-0.39, 0.29) is 17.0 Å². The van der Waals surface area contributed by atoms with Crippen molar-refractivity contribution in [1.29, 1.82) is 0 Å². The largest absolute Gasteiger partial charge is 0.381 e. The summed E-state index contributed by atoms with van der Waals surface area (Å²) in [5, 5.41) is 2.74. The van der Waals surface area contributed by atoms with Crippen LogP contribution in [0.5, 0.6) is 0 Å². The molecule has 1 heterocycles. The first kappa shape index (κ1) is 18.5. The summed E-state index contributed by atoms with van der Waals surface area (Å²) in [6.07, 6.45) is 2.41. The van der Waals surface area contributed by atoms with Gasteiger partial charge in [-0.1, -0.05) is 12.1 Å². The number of rotatable bonds is 6. The Kier molecular flexibility index (Phi) is 5.04. The predicted molar refractivity (Wildman–Crippen MR) is 89.8 cm³/mol. The van der Waals surface area contributed by atoms with Crippen molar-refractivity contribution in [1.82, 2.24) is 4.31 Å². The lowest BCUT2D eigenvalue weighted by atomic mass is 10.1. The minimum Gasteiger partial charge on any atom is -0.381 e. The monoisotopic (exact) mass is 394 g/mol. The van der Waals surface area contributed by atoms with E-state index >= 15 is 0 Å². The standard InChI is InChI=1S/C15H20F2N2O4S2/c16-15(17)24(20,21)14-4-2-1-3-13(14)18-11-7-9-19(10-8-11)25(22,23)12-5-6-12/h1-4,11-12,15,18H,5-10H2. The lowest BCUT2D eigenvalue weighted by molar-refractivity contribution is 0.235. The van der Waals surface area contributed by atoms with Gasteiger partial charge in [-0.25, -0.2) is 21.1 Å². The Balaban J connectivity index is 1.69. The van der Waals surface area contributed by atoms with E-state index in [1.165, 1.54) is 16.4 Å². The van der Waals surface area contributed by atoms with Gasteiger partial charge in [0.05, 0.1) is 15.8 Å². The topological polar surface area (TPSA) is 83.6 Å². The number of sulfone groups is 1. The van der Waals surface area contributed by atoms with E-state index in [0.29, 0.717) is 38.8 Å². The first-order chi connectivity index (χ1) is 11.7. The summed E-state index contributed by atoms with van der Waals surface area (Å²) in [7, 11) is -7.91. The molecular formula is C15H20F2N2O4S2. The summed E-state index contributed by atoms with van der Waals surface area (Å²) in [6.45, 7) is 0.695. The van der Waals surface area contributed by atoms with Crippen LogP contribution in [0.2, 0.25) is 0 Å². The van der Waals surface area contributed by atoms with E-state index in [1.54, 1.807) is 6.07 Å². The molecule has 0 unspecified atom stereocenters. The third-order valence-corrected chi connectivity index (χ3v) is 8.38. The summed E-state index contributed by atoms with van der Waals surface area (Å²) in [6, 6.07) is 5.39. The smallest absolute Gasteiger partial charge is 0.341 e. The zero-order valence-corrected chi connectivity index (χ0v) is 15.1. The highest BCUT2D eigenvalue weighted by molar-refractivity contribution is 7.92. The van der Waals surface area contributed by atoms with Crippen molar-refractivity contribution >= 4 is 25.5 Å². The summed E-state index contributed by atoms with van der Waals surface area (Å²) in [5.41, 5.74) is 0.131. The average molecular weight is 394 g/mol. The second-order valence-corrected chi connectivity index (χ2v) is 10.5. The van der Waals surface area contributed by atoms with Crippen LogP contribution < -0.4 is 5.32 Å². The summed E-state index contributed by atoms with van der Waals surface area (Å²) >= 11 is 0. The number of nitrogens with zero attached hydrogens (tertiary/aromatic N) is 1. The van der Waals surface area contributed by atoms with Crippen LogP contribution in [0, 0.1) is 0 Å². The first-order valence-corrected chi connectivity index (χ1v) is 11.1. The van der Waals surface area contributed by atoms with Crippen LogP contribution in [0.1, 0.15) is 25.7 Å². The molecule has 1 N–H and O–H groups in total. The van der Waals surface area contributed by atoms with Crippen LogP contribution >= 0.6 is 0 Å². The Hall–Kier alpha value is -1.26. The van der Waals surface area contributed by atoms with Gasteiger partial charge >= 0.3 is 5.76 Å². The van der Waals surface area contributed by atoms with Gasteiger partial charge in [0.15, 0.2) is 0 Å². The summed E-state index contributed by atoms with van der Waals surface area (Å²) < 4.78 is 75.1. The molecule has 0 aromatic heterocycles. The molecule has 10 heteroatoms. The molecule has 1 aliphatic heterocycles. The van der Waals surface area contributed by atoms with Crippen molar-refractivity contribution < 1.29 is 25.6 Å². The molecule has 6 nitrogen and oxygen atoms in total. The highest BCUT2D eigenvalue weighted by atomic mass is 32.2. The number of piperidine rings is 1. The second kappa shape index (κ2) is 6.81. The number of alkyl halides is 2. The van der Waals surface area contributed by atoms with Gasteiger partial charge in [-0.2, -0.15) is 8.78 Å². The lowest BCUT2D eigenvalue weighted by Crippen LogP contribution is -2.43. The van der Waals surface area contributed by atoms with E-state index in [4.69, 9.17) is 0 Å². The van der Waals surface area contributed by atoms with Gasteiger partial charge in [0, 0.05) is 19.1 Å². The number of anilines is 1. The second-order valence-electron chi connectivity index (χ2n) is 6.36. The minimum absolute atomic E-state index is 0.131. The van der Waals surface area contributed by atoms with Crippen LogP contribution in [-0.2, 0) is 19.9 Å². The maximum absolute atomic E-state index is 12.8. The molecule has 0 atom stereocenters. The number of hydrogen-bond donors (Lipinski definition) is 1. The van der Waals surface area contributed by atoms with Crippen LogP contribution in [0.25, 0.3) is 0 Å². The van der Waals surface area contributed by atoms with Gasteiger partial charge in [-0.3, -0.25) is 0 Å². The molecule has 0 spiro atoms. The highest BCUT2D eigenvalue weighted by Crippen LogP contribution is 2.33. The molecule has 1 aromatic rings. The molecule has 1 aliphatic carbocycles. The quantitative estimate of drug-likeness (QED) is 0.798. The SMILES string of the molecule is O=S(=O)(c1ccccc1NC1CCN(S(=O)(=O)C2CC2)CC1)C(F)F. The number of hydrogen-bond acceptors (Lipinski definition) is 5. The molecule has 1 saturated heterocycles. The van der Waals surface area contributed by atoms with Crippen LogP contribution in [0.15, 0.2) is 29.2 Å². The molecule has 25 heavy (non-hydrogen) atoms. The molecule has 2 aliphatic rings. The first-order valence-electron chi connectivity index (χ1n) is 8.09. The number of para-hydroxylation sites is 1. The number of benzene rings is 1. The van der Waals surface area contributed by atoms with E-state index in [9.17, 15) is 25.6 Å². The van der Waals surface area contributed by atoms with Gasteiger partial charge < -0.3 is 5.32 Å². The molecule has 0 bridgehead atoms. The maximum atomic E-state index is 12.8. The van der Waals surface area contributed by atoms with Crippen molar-refractivity contribution in [3.63, 3.8) is 0 Å². The van der Waals surface area contributed by atoms with E-state index < -0.39 is 30.5 Å². The van der Waals surface area contributed by atoms with Crippen molar-refractivity contribution in [2.45, 2.75) is 47.6 Å². The molecule has 3 rings (SSSR count). The highest BCUT2D eigenvalue weighted by Gasteiger charge is 2.41. The number of nitrogens with one attached hydrogen (secondary N) is 1. The predicted octanol–water partition coefficient (Wildman–Crippen LogP) is 2.05. The van der Waals surface area contributed by atoms with Gasteiger partial charge in [0.25, 0.3) is 0 Å². The Labute approximate surface area is 146 Å². The van der Waals surface area contributed by atoms with Crippen LogP contribution in [-0.4, -0.2) is 51.3 Å². The molecule has 1 saturated carbocycles.